The van der Waals surface area contributed by atoms with Crippen molar-refractivity contribution in [3.8, 4) is 11.5 Å². The fourth-order valence-corrected chi connectivity index (χ4v) is 3.34. The number of nitrogens with zero attached hydrogens (tertiary/aromatic N) is 4. The molecule has 0 spiro atoms. The molecule has 1 aromatic carbocycles. The van der Waals surface area contributed by atoms with E-state index in [0.717, 1.165) is 35.8 Å². The van der Waals surface area contributed by atoms with Crippen LogP contribution in [-0.4, -0.2) is 44.8 Å². The van der Waals surface area contributed by atoms with E-state index in [1.807, 2.05) is 37.3 Å². The number of rotatable bonds is 5. The fourth-order valence-electron chi connectivity index (χ4n) is 3.34. The van der Waals surface area contributed by atoms with Gasteiger partial charge >= 0.3 is 0 Å². The van der Waals surface area contributed by atoms with E-state index in [-0.39, 0.29) is 12.1 Å². The lowest BCUT2D eigenvalue weighted by Gasteiger charge is -2.21. The van der Waals surface area contributed by atoms with Gasteiger partial charge in [0.15, 0.2) is 0 Å². The molecule has 7 nitrogen and oxygen atoms in total. The van der Waals surface area contributed by atoms with E-state index in [0.29, 0.717) is 12.4 Å². The first-order valence-corrected chi connectivity index (χ1v) is 8.38. The highest BCUT2D eigenvalue weighted by atomic mass is 16.5. The summed E-state index contributed by atoms with van der Waals surface area (Å²) in [7, 11) is 1.75. The van der Waals surface area contributed by atoms with Gasteiger partial charge in [0, 0.05) is 25.8 Å². The van der Waals surface area contributed by atoms with Crippen LogP contribution in [0.15, 0.2) is 41.1 Å². The highest BCUT2D eigenvalue weighted by Gasteiger charge is 2.35. The Morgan fingerprint density at radius 3 is 2.88 bits per heavy atom. The fraction of sp³-hybridized carbons (Fsp3) is 0.389. The number of ether oxygens (including phenoxy) is 1. The molecule has 4 rings (SSSR count). The summed E-state index contributed by atoms with van der Waals surface area (Å²) in [6, 6.07) is 10.1. The summed E-state index contributed by atoms with van der Waals surface area (Å²) in [6.45, 7) is 3.48. The van der Waals surface area contributed by atoms with Crippen molar-refractivity contribution >= 4 is 0 Å². The van der Waals surface area contributed by atoms with E-state index in [2.05, 4.69) is 20.1 Å². The number of aromatic nitrogens is 4. The molecule has 1 aliphatic heterocycles. The Morgan fingerprint density at radius 2 is 2.16 bits per heavy atom. The minimum Gasteiger partial charge on any atom is -0.441 e. The van der Waals surface area contributed by atoms with Gasteiger partial charge in [-0.1, -0.05) is 18.2 Å². The lowest BCUT2D eigenvalue weighted by molar-refractivity contribution is 0.107. The Kier molecular flexibility index (Phi) is 4.33. The Bertz CT molecular complexity index is 815. The highest BCUT2D eigenvalue weighted by molar-refractivity contribution is 5.53. The minimum absolute atomic E-state index is 0.142. The SMILES string of the molecule is CO[C@@H]1C[C@@H](c2ncn[nH]2)N(Cc2nc(-c3ccccc3)oc2C)C1. The second-order valence-electron chi connectivity index (χ2n) is 6.30. The van der Waals surface area contributed by atoms with Gasteiger partial charge in [0.1, 0.15) is 17.9 Å². The number of hydrogen-bond acceptors (Lipinski definition) is 6. The number of benzene rings is 1. The maximum atomic E-state index is 5.89. The molecule has 0 saturated carbocycles. The highest BCUT2D eigenvalue weighted by Crippen LogP contribution is 2.33. The van der Waals surface area contributed by atoms with Gasteiger partial charge in [-0.25, -0.2) is 9.97 Å². The summed E-state index contributed by atoms with van der Waals surface area (Å²) in [5.74, 6) is 2.37. The molecule has 0 amide bonds. The van der Waals surface area contributed by atoms with Crippen molar-refractivity contribution in [1.29, 1.82) is 0 Å². The molecule has 2 aromatic heterocycles. The molecule has 7 heteroatoms. The summed E-state index contributed by atoms with van der Waals surface area (Å²) < 4.78 is 11.4. The zero-order valence-corrected chi connectivity index (χ0v) is 14.3. The van der Waals surface area contributed by atoms with Crippen LogP contribution in [0.5, 0.6) is 0 Å². The van der Waals surface area contributed by atoms with Gasteiger partial charge in [0.25, 0.3) is 0 Å². The average Bonchev–Trinajstić information content (AvgIpc) is 3.36. The summed E-state index contributed by atoms with van der Waals surface area (Å²) in [5, 5.41) is 6.97. The van der Waals surface area contributed by atoms with E-state index in [1.165, 1.54) is 0 Å². The van der Waals surface area contributed by atoms with Crippen LogP contribution in [0.4, 0.5) is 0 Å². The van der Waals surface area contributed by atoms with Crippen molar-refractivity contribution in [3.63, 3.8) is 0 Å². The molecule has 0 unspecified atom stereocenters. The van der Waals surface area contributed by atoms with Gasteiger partial charge in [0.2, 0.25) is 5.89 Å². The molecule has 2 atom stereocenters. The third kappa shape index (κ3) is 3.20. The smallest absolute Gasteiger partial charge is 0.226 e. The van der Waals surface area contributed by atoms with Crippen molar-refractivity contribution in [3.05, 3.63) is 53.9 Å². The van der Waals surface area contributed by atoms with Crippen LogP contribution in [0.3, 0.4) is 0 Å². The molecule has 0 aliphatic carbocycles. The lowest BCUT2D eigenvalue weighted by atomic mass is 10.2. The number of aromatic amines is 1. The predicted molar refractivity (Wildman–Crippen MR) is 91.6 cm³/mol. The van der Waals surface area contributed by atoms with Crippen molar-refractivity contribution in [1.82, 2.24) is 25.1 Å². The molecule has 130 valence electrons. The lowest BCUT2D eigenvalue weighted by Crippen LogP contribution is -2.25. The second kappa shape index (κ2) is 6.78. The molecular weight excluding hydrogens is 318 g/mol. The molecule has 1 aliphatic rings. The van der Waals surface area contributed by atoms with Crippen molar-refractivity contribution < 1.29 is 9.15 Å². The Balaban J connectivity index is 1.57. The molecule has 1 fully saturated rings. The number of nitrogens with one attached hydrogen (secondary N) is 1. The van der Waals surface area contributed by atoms with Gasteiger partial charge in [-0.3, -0.25) is 10.00 Å². The molecule has 0 radical (unpaired) electrons. The molecule has 1 N–H and O–H groups in total. The molecule has 3 aromatic rings. The maximum Gasteiger partial charge on any atom is 0.226 e. The zero-order chi connectivity index (χ0) is 17.2. The van der Waals surface area contributed by atoms with Crippen LogP contribution in [0.25, 0.3) is 11.5 Å². The first-order valence-electron chi connectivity index (χ1n) is 8.38. The summed E-state index contributed by atoms with van der Waals surface area (Å²) in [5.41, 5.74) is 1.93. The van der Waals surface area contributed by atoms with E-state index in [9.17, 15) is 0 Å². The minimum atomic E-state index is 0.142. The van der Waals surface area contributed by atoms with E-state index in [1.54, 1.807) is 13.4 Å². The average molecular weight is 339 g/mol. The standard InChI is InChI=1S/C18H21N5O2/c1-12-15(21-18(25-12)13-6-4-3-5-7-13)10-23-9-14(24-2)8-16(23)17-19-11-20-22-17/h3-7,11,14,16H,8-10H2,1-2H3,(H,19,20,22)/t14-,16+/m1/s1. The van der Waals surface area contributed by atoms with Crippen LogP contribution in [0.2, 0.25) is 0 Å². The number of aryl methyl sites for hydroxylation is 1. The molecule has 1 saturated heterocycles. The molecule has 25 heavy (non-hydrogen) atoms. The normalized spacial score (nSPS) is 21.0. The first kappa shape index (κ1) is 16.0. The number of oxazole rings is 1. The predicted octanol–water partition coefficient (Wildman–Crippen LogP) is 2.73. The maximum absolute atomic E-state index is 5.89. The number of likely N-dealkylation sites (tertiary alicyclic amines) is 1. The summed E-state index contributed by atoms with van der Waals surface area (Å²) in [6.07, 6.45) is 2.60. The van der Waals surface area contributed by atoms with Gasteiger partial charge < -0.3 is 9.15 Å². The number of hydrogen-bond donors (Lipinski definition) is 1. The van der Waals surface area contributed by atoms with Gasteiger partial charge in [0.05, 0.1) is 17.8 Å². The first-order chi connectivity index (χ1) is 12.2. The van der Waals surface area contributed by atoms with Crippen LogP contribution in [-0.2, 0) is 11.3 Å². The van der Waals surface area contributed by atoms with Gasteiger partial charge in [-0.2, -0.15) is 5.10 Å². The van der Waals surface area contributed by atoms with Gasteiger partial charge in [-0.05, 0) is 25.5 Å². The Morgan fingerprint density at radius 1 is 1.32 bits per heavy atom. The number of H-pyrrole nitrogens is 1. The zero-order valence-electron chi connectivity index (χ0n) is 14.3. The van der Waals surface area contributed by atoms with Gasteiger partial charge in [-0.15, -0.1) is 0 Å². The van der Waals surface area contributed by atoms with Crippen LogP contribution in [0.1, 0.15) is 29.7 Å². The monoisotopic (exact) mass is 339 g/mol. The van der Waals surface area contributed by atoms with Crippen LogP contribution < -0.4 is 0 Å². The van der Waals surface area contributed by atoms with E-state index in [4.69, 9.17) is 14.1 Å². The third-order valence-corrected chi connectivity index (χ3v) is 4.71. The quantitative estimate of drug-likeness (QED) is 0.770. The van der Waals surface area contributed by atoms with Crippen molar-refractivity contribution in [2.24, 2.45) is 0 Å². The number of methoxy groups -OCH3 is 1. The van der Waals surface area contributed by atoms with Crippen molar-refractivity contribution in [2.75, 3.05) is 13.7 Å². The third-order valence-electron chi connectivity index (χ3n) is 4.71. The van der Waals surface area contributed by atoms with E-state index >= 15 is 0 Å². The van der Waals surface area contributed by atoms with Crippen molar-refractivity contribution in [2.45, 2.75) is 32.0 Å². The largest absolute Gasteiger partial charge is 0.441 e. The van der Waals surface area contributed by atoms with Crippen LogP contribution in [0, 0.1) is 6.92 Å². The molecule has 3 heterocycles. The van der Waals surface area contributed by atoms with E-state index < -0.39 is 0 Å². The Hall–Kier alpha value is -2.51. The molecule has 0 bridgehead atoms. The second-order valence-corrected chi connectivity index (χ2v) is 6.30. The Labute approximate surface area is 146 Å². The summed E-state index contributed by atoms with van der Waals surface area (Å²) >= 11 is 0. The van der Waals surface area contributed by atoms with Crippen LogP contribution >= 0.6 is 0 Å². The summed E-state index contributed by atoms with van der Waals surface area (Å²) in [4.78, 5) is 11.4. The molecular formula is C18H21N5O2. The topological polar surface area (TPSA) is 80.1 Å².